The van der Waals surface area contributed by atoms with Gasteiger partial charge in [-0.25, -0.2) is 14.2 Å². The third kappa shape index (κ3) is 5.62. The molecule has 0 unspecified atom stereocenters. The van der Waals surface area contributed by atoms with Gasteiger partial charge in [-0.2, -0.15) is 0 Å². The molecule has 0 amide bonds. The summed E-state index contributed by atoms with van der Waals surface area (Å²) >= 11 is 0. The Morgan fingerprint density at radius 1 is 0.778 bits per heavy atom. The molecule has 0 N–H and O–H groups in total. The number of esters is 1. The van der Waals surface area contributed by atoms with Crippen molar-refractivity contribution < 1.29 is 18.4 Å². The molecule has 1 aromatic heterocycles. The van der Waals surface area contributed by atoms with E-state index in [2.05, 4.69) is 73.6 Å². The number of rotatable bonds is 8. The minimum Gasteiger partial charge on any atom is -0.456 e. The molecule has 0 saturated carbocycles. The lowest BCUT2D eigenvalue weighted by Crippen LogP contribution is -2.29. The van der Waals surface area contributed by atoms with Crippen molar-refractivity contribution in [2.45, 2.75) is 34.6 Å². The molecule has 2 heterocycles. The second-order valence-electron chi connectivity index (χ2n) is 11.0. The molecule has 1 aliphatic carbocycles. The number of carbonyl (C=O) groups is 1. The topological polar surface area (TPSA) is 75.9 Å². The van der Waals surface area contributed by atoms with Crippen LogP contribution in [0.4, 0.5) is 5.69 Å². The van der Waals surface area contributed by atoms with Crippen molar-refractivity contribution >= 4 is 33.6 Å². The van der Waals surface area contributed by atoms with Gasteiger partial charge in [-0.1, -0.05) is 18.2 Å². The summed E-state index contributed by atoms with van der Waals surface area (Å²) in [7, 11) is 0. The summed E-state index contributed by atoms with van der Waals surface area (Å²) < 4.78 is 20.2. The lowest BCUT2D eigenvalue weighted by molar-refractivity contribution is 0.0735. The van der Waals surface area contributed by atoms with Gasteiger partial charge in [0.1, 0.15) is 35.8 Å². The lowest BCUT2D eigenvalue weighted by Gasteiger charge is -2.22. The van der Waals surface area contributed by atoms with Crippen LogP contribution in [0.1, 0.15) is 43.6 Å². The van der Waals surface area contributed by atoms with Gasteiger partial charge < -0.3 is 18.5 Å². The molecule has 4 aromatic rings. The number of nitrogens with zero attached hydrogens (tertiary/aromatic N) is 2. The number of carbonyl (C=O) groups excluding carboxylic acids is 1. The zero-order chi connectivity index (χ0) is 31.7. The normalized spacial score (nSPS) is 11.3. The molecule has 3 aromatic carbocycles. The second kappa shape index (κ2) is 12.4. The fraction of sp³-hybridized carbons (Fsp3) is 0.237. The van der Waals surface area contributed by atoms with Crippen molar-refractivity contribution in [3.8, 4) is 28.2 Å². The fourth-order valence-electron chi connectivity index (χ4n) is 6.14. The summed E-state index contributed by atoms with van der Waals surface area (Å²) in [6.07, 6.45) is 0. The van der Waals surface area contributed by atoms with Crippen LogP contribution in [0.2, 0.25) is 0 Å². The number of anilines is 1. The molecule has 0 spiro atoms. The van der Waals surface area contributed by atoms with Crippen LogP contribution in [-0.4, -0.2) is 32.1 Å². The van der Waals surface area contributed by atoms with Crippen molar-refractivity contribution in [2.75, 3.05) is 31.1 Å². The highest BCUT2D eigenvalue weighted by Crippen LogP contribution is 2.42. The smallest absolute Gasteiger partial charge is 0.344 e. The van der Waals surface area contributed by atoms with Crippen molar-refractivity contribution in [1.29, 1.82) is 0 Å². The molecular weight excluding hydrogens is 564 g/mol. The quantitative estimate of drug-likeness (QED) is 0.0591. The first-order valence-corrected chi connectivity index (χ1v) is 15.5. The molecule has 2 aliphatic rings. The Bertz CT molecular complexity index is 2150. The molecule has 0 radical (unpaired) electrons. The van der Waals surface area contributed by atoms with E-state index in [1.165, 1.54) is 6.07 Å². The molecule has 45 heavy (non-hydrogen) atoms. The maximum atomic E-state index is 13.8. The first kappa shape index (κ1) is 29.9. The van der Waals surface area contributed by atoms with E-state index in [1.807, 2.05) is 25.1 Å². The summed E-state index contributed by atoms with van der Waals surface area (Å²) in [5.74, 6) is 0.518. The van der Waals surface area contributed by atoms with E-state index in [1.54, 1.807) is 24.3 Å². The number of hydrogen-bond donors (Lipinski definition) is 0. The monoisotopic (exact) mass is 601 g/mol. The van der Waals surface area contributed by atoms with Crippen LogP contribution in [0.5, 0.6) is 5.75 Å². The third-order valence-electron chi connectivity index (χ3n) is 8.50. The van der Waals surface area contributed by atoms with Crippen LogP contribution in [-0.2, 0) is 0 Å². The minimum absolute atomic E-state index is 0.293. The molecule has 0 fully saturated rings. The number of aryl methyl sites for hydroxylation is 1. The van der Waals surface area contributed by atoms with E-state index >= 15 is 0 Å². The van der Waals surface area contributed by atoms with Crippen LogP contribution in [0.15, 0.2) is 98.6 Å². The molecule has 7 nitrogen and oxygen atoms in total. The van der Waals surface area contributed by atoms with Crippen LogP contribution >= 0.6 is 0 Å². The van der Waals surface area contributed by atoms with E-state index < -0.39 is 11.6 Å². The van der Waals surface area contributed by atoms with Crippen molar-refractivity contribution in [1.82, 2.24) is 4.58 Å². The molecular formula is C38H37N2O5+. The number of fused-ring (bicyclic) bond motifs is 3. The zero-order valence-electron chi connectivity index (χ0n) is 26.3. The molecule has 0 bridgehead atoms. The highest BCUT2D eigenvalue weighted by atomic mass is 16.5. The van der Waals surface area contributed by atoms with Gasteiger partial charge in [-0.15, -0.1) is 0 Å². The molecule has 228 valence electrons. The van der Waals surface area contributed by atoms with E-state index in [-0.39, 0.29) is 0 Å². The summed E-state index contributed by atoms with van der Waals surface area (Å²) in [5.41, 5.74) is 5.48. The maximum Gasteiger partial charge on any atom is 0.344 e. The summed E-state index contributed by atoms with van der Waals surface area (Å²) in [6.45, 7) is 13.9. The SMILES string of the molecule is CCN(CC)c1ccc2c(-c3ccccc3C(=O)Oc3ccc4c(C)cc(=O)oc4c3)c3ccc(=[N+](CC)CC)cc-3oc2c1. The summed E-state index contributed by atoms with van der Waals surface area (Å²) in [4.78, 5) is 28.1. The predicted molar refractivity (Wildman–Crippen MR) is 180 cm³/mol. The molecule has 6 rings (SSSR count). The highest BCUT2D eigenvalue weighted by molar-refractivity contribution is 6.08. The van der Waals surface area contributed by atoms with E-state index in [0.717, 1.165) is 81.6 Å². The van der Waals surface area contributed by atoms with Crippen molar-refractivity contribution in [3.05, 3.63) is 112 Å². The minimum atomic E-state index is -0.512. The van der Waals surface area contributed by atoms with E-state index in [9.17, 15) is 9.59 Å². The Morgan fingerprint density at radius 3 is 2.27 bits per heavy atom. The van der Waals surface area contributed by atoms with Gasteiger partial charge in [-0.05, 0) is 82.1 Å². The van der Waals surface area contributed by atoms with Gasteiger partial charge >= 0.3 is 11.6 Å². The Morgan fingerprint density at radius 2 is 1.51 bits per heavy atom. The predicted octanol–water partition coefficient (Wildman–Crippen LogP) is 7.50. The standard InChI is InChI=1S/C38H37N2O5/c1-6-39(7-2)25-14-17-31-33(21-25)44-34-22-26(40(8-3)9-4)15-18-32(34)37(31)29-12-10-11-13-30(29)38(42)43-27-16-19-28-24(5)20-36(41)45-35(28)23-27/h10-23H,6-9H2,1-5H3/q+1. The van der Waals surface area contributed by atoms with Gasteiger partial charge in [0, 0.05) is 64.9 Å². The lowest BCUT2D eigenvalue weighted by atomic mass is 9.90. The Labute approximate surface area is 262 Å². The van der Waals surface area contributed by atoms with Gasteiger partial charge in [0.2, 0.25) is 5.36 Å². The molecule has 0 saturated heterocycles. The number of hydrogen-bond acceptors (Lipinski definition) is 6. The van der Waals surface area contributed by atoms with Crippen molar-refractivity contribution in [2.24, 2.45) is 0 Å². The average Bonchev–Trinajstić information content (AvgIpc) is 3.04. The van der Waals surface area contributed by atoms with Gasteiger partial charge in [0.15, 0.2) is 0 Å². The second-order valence-corrected chi connectivity index (χ2v) is 11.0. The number of ether oxygens (including phenoxy) is 1. The first-order valence-electron chi connectivity index (χ1n) is 15.5. The van der Waals surface area contributed by atoms with E-state index in [4.69, 9.17) is 13.6 Å². The first-order chi connectivity index (χ1) is 21.8. The van der Waals surface area contributed by atoms with Crippen molar-refractivity contribution in [3.63, 3.8) is 0 Å². The third-order valence-corrected chi connectivity index (χ3v) is 8.50. The average molecular weight is 602 g/mol. The van der Waals surface area contributed by atoms with Crippen LogP contribution in [0, 0.1) is 6.92 Å². The Balaban J connectivity index is 1.54. The summed E-state index contributed by atoms with van der Waals surface area (Å²) in [5, 5.41) is 2.76. The number of benzene rings is 4. The Kier molecular flexibility index (Phi) is 8.26. The Hall–Kier alpha value is -5.17. The zero-order valence-corrected chi connectivity index (χ0v) is 26.3. The maximum absolute atomic E-state index is 13.8. The summed E-state index contributed by atoms with van der Waals surface area (Å²) in [6, 6.07) is 26.6. The fourth-order valence-corrected chi connectivity index (χ4v) is 6.14. The molecule has 0 atom stereocenters. The van der Waals surface area contributed by atoms with Crippen LogP contribution in [0.25, 0.3) is 44.4 Å². The van der Waals surface area contributed by atoms with Gasteiger partial charge in [-0.3, -0.25) is 0 Å². The van der Waals surface area contributed by atoms with E-state index in [0.29, 0.717) is 16.9 Å². The molecule has 1 aliphatic heterocycles. The van der Waals surface area contributed by atoms with Crippen LogP contribution < -0.4 is 25.2 Å². The van der Waals surface area contributed by atoms with Gasteiger partial charge in [0.05, 0.1) is 11.6 Å². The van der Waals surface area contributed by atoms with Gasteiger partial charge in [0.25, 0.3) is 0 Å². The van der Waals surface area contributed by atoms with Crippen LogP contribution in [0.3, 0.4) is 0 Å². The highest BCUT2D eigenvalue weighted by Gasteiger charge is 2.24. The molecule has 7 heteroatoms. The largest absolute Gasteiger partial charge is 0.456 e.